The highest BCUT2D eigenvalue weighted by atomic mass is 19.4. The first kappa shape index (κ1) is 19.4. The Labute approximate surface area is 146 Å². The first-order chi connectivity index (χ1) is 12.0. The van der Waals surface area contributed by atoms with E-state index in [4.69, 9.17) is 6.57 Å². The lowest BCUT2D eigenvalue weighted by molar-refractivity contribution is -0.137. The van der Waals surface area contributed by atoms with Gasteiger partial charge in [0.2, 0.25) is 0 Å². The molecule has 2 aromatic rings. The van der Waals surface area contributed by atoms with Crippen molar-refractivity contribution >= 4 is 17.3 Å². The minimum absolute atomic E-state index is 0.161. The van der Waals surface area contributed by atoms with Crippen molar-refractivity contribution in [1.82, 2.24) is 0 Å². The van der Waals surface area contributed by atoms with E-state index in [1.165, 1.54) is 31.2 Å². The van der Waals surface area contributed by atoms with Crippen LogP contribution in [-0.4, -0.2) is 16.6 Å². The largest absolute Gasteiger partial charge is 0.407 e. The zero-order valence-electron chi connectivity index (χ0n) is 13.6. The van der Waals surface area contributed by atoms with Crippen molar-refractivity contribution in [2.75, 3.05) is 5.32 Å². The molecule has 1 atom stereocenters. The predicted octanol–water partition coefficient (Wildman–Crippen LogP) is 4.33. The molecule has 0 aliphatic heterocycles. The van der Waals surface area contributed by atoms with Crippen LogP contribution in [0, 0.1) is 12.4 Å². The maximum Gasteiger partial charge on any atom is 0.407 e. The van der Waals surface area contributed by atoms with E-state index in [1.807, 2.05) is 0 Å². The van der Waals surface area contributed by atoms with Crippen LogP contribution in [0.15, 0.2) is 42.5 Å². The summed E-state index contributed by atoms with van der Waals surface area (Å²) in [6.07, 6.45) is -4.91. The molecule has 1 amide bonds. The van der Waals surface area contributed by atoms with Crippen LogP contribution in [0.1, 0.15) is 18.1 Å². The average Bonchev–Trinajstić information content (AvgIpc) is 2.56. The smallest absolute Gasteiger partial charge is 0.380 e. The van der Waals surface area contributed by atoms with Gasteiger partial charge in [-0.1, -0.05) is 18.2 Å². The molecule has 0 bridgehead atoms. The Morgan fingerprint density at radius 3 is 2.35 bits per heavy atom. The van der Waals surface area contributed by atoms with E-state index in [-0.39, 0.29) is 12.1 Å². The number of alkyl halides is 3. The number of nitrogens with one attached hydrogen (secondary N) is 1. The van der Waals surface area contributed by atoms with Gasteiger partial charge in [-0.3, -0.25) is 4.79 Å². The van der Waals surface area contributed by atoms with Crippen LogP contribution in [0.25, 0.3) is 4.85 Å². The van der Waals surface area contributed by atoms with Crippen LogP contribution in [0.5, 0.6) is 0 Å². The minimum Gasteiger partial charge on any atom is -0.380 e. The Balaban J connectivity index is 2.20. The molecule has 0 aliphatic rings. The monoisotopic (exact) mass is 366 g/mol. The zero-order chi connectivity index (χ0) is 19.5. The summed E-state index contributed by atoms with van der Waals surface area (Å²) < 4.78 is 51.8. The van der Waals surface area contributed by atoms with Crippen molar-refractivity contribution in [2.24, 2.45) is 0 Å². The molecule has 0 aromatic heterocycles. The molecular weight excluding hydrogens is 352 g/mol. The van der Waals surface area contributed by atoms with Crippen molar-refractivity contribution in [3.8, 4) is 0 Å². The molecule has 2 rings (SSSR count). The number of hydrogen-bond acceptors (Lipinski definition) is 2. The van der Waals surface area contributed by atoms with Gasteiger partial charge in [0.15, 0.2) is 5.69 Å². The number of carbonyl (C=O) groups is 1. The number of halogens is 4. The van der Waals surface area contributed by atoms with Gasteiger partial charge in [-0.15, -0.1) is 0 Å². The SMILES string of the molecule is [C-]#[N+]c1ccc(NC(=O)[C@@](C)(O)Cc2ccc(F)cc2)cc1C(F)(F)F. The van der Waals surface area contributed by atoms with E-state index in [0.29, 0.717) is 11.6 Å². The Hall–Kier alpha value is -2.92. The Morgan fingerprint density at radius 1 is 1.19 bits per heavy atom. The minimum atomic E-state index is -4.75. The van der Waals surface area contributed by atoms with E-state index < -0.39 is 34.8 Å². The van der Waals surface area contributed by atoms with Crippen LogP contribution in [-0.2, 0) is 17.4 Å². The number of anilines is 1. The van der Waals surface area contributed by atoms with Crippen LogP contribution in [0.2, 0.25) is 0 Å². The van der Waals surface area contributed by atoms with Gasteiger partial charge >= 0.3 is 6.18 Å². The van der Waals surface area contributed by atoms with Gasteiger partial charge in [-0.2, -0.15) is 13.2 Å². The molecule has 2 N–H and O–H groups in total. The summed E-state index contributed by atoms with van der Waals surface area (Å²) in [5.74, 6) is -1.40. The van der Waals surface area contributed by atoms with Gasteiger partial charge in [-0.05, 0) is 36.8 Å². The van der Waals surface area contributed by atoms with Crippen LogP contribution < -0.4 is 5.32 Å². The molecule has 0 unspecified atom stereocenters. The number of amides is 1. The molecule has 136 valence electrons. The Morgan fingerprint density at radius 2 is 1.81 bits per heavy atom. The van der Waals surface area contributed by atoms with E-state index in [2.05, 4.69) is 10.2 Å². The van der Waals surface area contributed by atoms with Crippen molar-refractivity contribution in [1.29, 1.82) is 0 Å². The van der Waals surface area contributed by atoms with Crippen LogP contribution in [0.3, 0.4) is 0 Å². The summed E-state index contributed by atoms with van der Waals surface area (Å²) in [5.41, 5.74) is -3.42. The molecule has 0 saturated carbocycles. The van der Waals surface area contributed by atoms with Gasteiger partial charge in [-0.25, -0.2) is 9.24 Å². The van der Waals surface area contributed by atoms with Gasteiger partial charge in [0, 0.05) is 12.1 Å². The molecule has 0 saturated heterocycles. The van der Waals surface area contributed by atoms with E-state index >= 15 is 0 Å². The second kappa shape index (κ2) is 7.14. The van der Waals surface area contributed by atoms with Gasteiger partial charge in [0.05, 0.1) is 12.1 Å². The number of rotatable bonds is 4. The van der Waals surface area contributed by atoms with Crippen LogP contribution >= 0.6 is 0 Å². The first-order valence-electron chi connectivity index (χ1n) is 7.40. The van der Waals surface area contributed by atoms with Crippen molar-refractivity contribution in [3.05, 3.63) is 70.8 Å². The maximum absolute atomic E-state index is 13.0. The average molecular weight is 366 g/mol. The lowest BCUT2D eigenvalue weighted by Crippen LogP contribution is -2.42. The summed E-state index contributed by atoms with van der Waals surface area (Å²) in [7, 11) is 0. The zero-order valence-corrected chi connectivity index (χ0v) is 13.6. The summed E-state index contributed by atoms with van der Waals surface area (Å²) in [5, 5.41) is 12.5. The maximum atomic E-state index is 13.0. The normalized spacial score (nSPS) is 13.6. The van der Waals surface area contributed by atoms with Gasteiger partial charge < -0.3 is 10.4 Å². The molecule has 0 radical (unpaired) electrons. The second-order valence-electron chi connectivity index (χ2n) is 5.87. The molecule has 2 aromatic carbocycles. The highest BCUT2D eigenvalue weighted by Gasteiger charge is 2.35. The molecule has 4 nitrogen and oxygen atoms in total. The van der Waals surface area contributed by atoms with Crippen molar-refractivity contribution in [3.63, 3.8) is 0 Å². The second-order valence-corrected chi connectivity index (χ2v) is 5.87. The number of benzene rings is 2. The molecule has 26 heavy (non-hydrogen) atoms. The lowest BCUT2D eigenvalue weighted by atomic mass is 9.95. The number of hydrogen-bond donors (Lipinski definition) is 2. The summed E-state index contributed by atoms with van der Waals surface area (Å²) in [4.78, 5) is 15.1. The van der Waals surface area contributed by atoms with Crippen molar-refractivity contribution < 1.29 is 27.5 Å². The van der Waals surface area contributed by atoms with E-state index in [1.54, 1.807) is 0 Å². The Bertz CT molecular complexity index is 853. The molecular formula is C18H14F4N2O2. The predicted molar refractivity (Wildman–Crippen MR) is 87.1 cm³/mol. The number of carbonyl (C=O) groups excluding carboxylic acids is 1. The summed E-state index contributed by atoms with van der Waals surface area (Å²) in [6, 6.07) is 7.85. The lowest BCUT2D eigenvalue weighted by Gasteiger charge is -2.23. The fraction of sp³-hybridized carbons (Fsp3) is 0.222. The first-order valence-corrected chi connectivity index (χ1v) is 7.40. The third-order valence-electron chi connectivity index (χ3n) is 3.63. The molecule has 8 heteroatoms. The van der Waals surface area contributed by atoms with Crippen molar-refractivity contribution in [2.45, 2.75) is 25.1 Å². The molecule has 0 heterocycles. The van der Waals surface area contributed by atoms with Gasteiger partial charge in [0.1, 0.15) is 11.4 Å². The summed E-state index contributed by atoms with van der Waals surface area (Å²) in [6.45, 7) is 7.99. The fourth-order valence-corrected chi connectivity index (χ4v) is 2.28. The van der Waals surface area contributed by atoms with Gasteiger partial charge in [0.25, 0.3) is 5.91 Å². The third-order valence-corrected chi connectivity index (χ3v) is 3.63. The quantitative estimate of drug-likeness (QED) is 0.625. The topological polar surface area (TPSA) is 53.7 Å². The third kappa shape index (κ3) is 4.58. The molecule has 0 fully saturated rings. The van der Waals surface area contributed by atoms with E-state index in [0.717, 1.165) is 12.1 Å². The standard InChI is InChI=1S/C18H14F4N2O2/c1-17(26,10-11-3-5-12(19)6-4-11)16(25)24-13-7-8-15(23-2)14(9-13)18(20,21)22/h3-9,26H,10H2,1H3,(H,24,25)/t17-/m0/s1. The highest BCUT2D eigenvalue weighted by Crippen LogP contribution is 2.38. The number of aliphatic hydroxyl groups is 1. The molecule has 0 aliphatic carbocycles. The van der Waals surface area contributed by atoms with E-state index in [9.17, 15) is 27.5 Å². The highest BCUT2D eigenvalue weighted by molar-refractivity contribution is 5.97. The van der Waals surface area contributed by atoms with Crippen LogP contribution in [0.4, 0.5) is 28.9 Å². The summed E-state index contributed by atoms with van der Waals surface area (Å²) >= 11 is 0. The molecule has 0 spiro atoms. The Kier molecular flexibility index (Phi) is 5.33. The number of nitrogens with zero attached hydrogens (tertiary/aromatic N) is 1. The fourth-order valence-electron chi connectivity index (χ4n) is 2.28.